The summed E-state index contributed by atoms with van der Waals surface area (Å²) in [6.07, 6.45) is 0. The minimum atomic E-state index is -0.463. The number of fused-ring (bicyclic) bond motifs is 1. The van der Waals surface area contributed by atoms with Crippen molar-refractivity contribution >= 4 is 28.8 Å². The van der Waals surface area contributed by atoms with Gasteiger partial charge in [0, 0.05) is 11.8 Å². The van der Waals surface area contributed by atoms with Crippen molar-refractivity contribution in [3.05, 3.63) is 83.6 Å². The summed E-state index contributed by atoms with van der Waals surface area (Å²) in [6, 6.07) is 19.8. The lowest BCUT2D eigenvalue weighted by molar-refractivity contribution is -0.120. The van der Waals surface area contributed by atoms with Crippen molar-refractivity contribution in [1.82, 2.24) is 0 Å². The van der Waals surface area contributed by atoms with Crippen molar-refractivity contribution in [2.75, 3.05) is 24.1 Å². The van der Waals surface area contributed by atoms with Gasteiger partial charge in [-0.3, -0.25) is 9.59 Å². The number of nitrogens with one attached hydrogen (secondary N) is 1. The van der Waals surface area contributed by atoms with E-state index < -0.39 is 11.8 Å². The Bertz CT molecular complexity index is 1270. The maximum absolute atomic E-state index is 13.6. The van der Waals surface area contributed by atoms with Crippen LogP contribution in [0.1, 0.15) is 11.1 Å². The normalized spacial score (nSPS) is 14.9. The molecular weight excluding hydrogens is 408 g/mol. The smallest absolute Gasteiger partial charge is 0.282 e. The fourth-order valence-electron chi connectivity index (χ4n) is 3.83. The highest BCUT2D eigenvalue weighted by Crippen LogP contribution is 2.40. The number of hydrogen-bond donors (Lipinski definition) is 1. The van der Waals surface area contributed by atoms with Crippen molar-refractivity contribution in [1.29, 1.82) is 0 Å². The van der Waals surface area contributed by atoms with Crippen LogP contribution in [0, 0.1) is 6.92 Å². The highest BCUT2D eigenvalue weighted by atomic mass is 16.7. The Hall–Kier alpha value is -4.26. The number of imide groups is 1. The molecule has 0 fully saturated rings. The Labute approximate surface area is 184 Å². The number of anilines is 2. The first-order valence-electron chi connectivity index (χ1n) is 10.1. The predicted octanol–water partition coefficient (Wildman–Crippen LogP) is 4.13. The van der Waals surface area contributed by atoms with E-state index in [4.69, 9.17) is 14.2 Å². The fraction of sp³-hybridized carbons (Fsp3) is 0.120. The van der Waals surface area contributed by atoms with Gasteiger partial charge in [0.05, 0.1) is 18.4 Å². The molecule has 3 aromatic rings. The third kappa shape index (κ3) is 3.24. The second-order valence-electron chi connectivity index (χ2n) is 7.43. The summed E-state index contributed by atoms with van der Waals surface area (Å²) in [7, 11) is 1.51. The van der Waals surface area contributed by atoms with Gasteiger partial charge in [-0.05, 0) is 42.3 Å². The van der Waals surface area contributed by atoms with Crippen LogP contribution in [0.4, 0.5) is 11.4 Å². The van der Waals surface area contributed by atoms with Crippen molar-refractivity contribution < 1.29 is 23.8 Å². The van der Waals surface area contributed by atoms with Crippen LogP contribution in [0.25, 0.3) is 5.57 Å². The lowest BCUT2D eigenvalue weighted by Crippen LogP contribution is -2.32. The monoisotopic (exact) mass is 428 g/mol. The first kappa shape index (κ1) is 19.7. The molecule has 0 saturated heterocycles. The Morgan fingerprint density at radius 3 is 2.47 bits per heavy atom. The molecule has 0 unspecified atom stereocenters. The molecule has 0 saturated carbocycles. The standard InChI is InChI=1S/C25H20N2O5/c1-15-8-10-19(30-2)18(12-15)27-24(28)22(16-6-4-3-5-7-16)23(25(27)29)26-17-9-11-20-21(13-17)32-14-31-20/h3-13,26H,14H2,1-2H3. The summed E-state index contributed by atoms with van der Waals surface area (Å²) in [5.74, 6) is 0.761. The molecule has 0 aliphatic carbocycles. The quantitative estimate of drug-likeness (QED) is 0.616. The first-order chi connectivity index (χ1) is 15.6. The molecule has 7 nitrogen and oxygen atoms in total. The summed E-state index contributed by atoms with van der Waals surface area (Å²) >= 11 is 0. The van der Waals surface area contributed by atoms with E-state index in [9.17, 15) is 9.59 Å². The van der Waals surface area contributed by atoms with E-state index in [0.717, 1.165) is 10.5 Å². The Balaban J connectivity index is 1.61. The molecule has 0 bridgehead atoms. The fourth-order valence-corrected chi connectivity index (χ4v) is 3.83. The van der Waals surface area contributed by atoms with E-state index in [0.29, 0.717) is 34.2 Å². The van der Waals surface area contributed by atoms with Gasteiger partial charge in [0.1, 0.15) is 11.4 Å². The van der Waals surface area contributed by atoms with E-state index >= 15 is 0 Å². The molecule has 0 spiro atoms. The van der Waals surface area contributed by atoms with Crippen molar-refractivity contribution in [3.8, 4) is 17.2 Å². The third-order valence-electron chi connectivity index (χ3n) is 5.36. The third-order valence-corrected chi connectivity index (χ3v) is 5.36. The van der Waals surface area contributed by atoms with Gasteiger partial charge in [-0.25, -0.2) is 4.90 Å². The van der Waals surface area contributed by atoms with Crippen LogP contribution >= 0.6 is 0 Å². The van der Waals surface area contributed by atoms with Gasteiger partial charge >= 0.3 is 0 Å². The number of aryl methyl sites for hydroxylation is 1. The lowest BCUT2D eigenvalue weighted by Gasteiger charge is -2.19. The van der Waals surface area contributed by atoms with Gasteiger partial charge in [-0.1, -0.05) is 36.4 Å². The average Bonchev–Trinajstić information content (AvgIpc) is 3.36. The van der Waals surface area contributed by atoms with Crippen LogP contribution < -0.4 is 24.4 Å². The molecule has 3 aromatic carbocycles. The average molecular weight is 428 g/mol. The minimum Gasteiger partial charge on any atom is -0.495 e. The number of methoxy groups -OCH3 is 1. The molecule has 160 valence electrons. The van der Waals surface area contributed by atoms with Crippen LogP contribution in [-0.4, -0.2) is 25.7 Å². The molecule has 0 aromatic heterocycles. The zero-order chi connectivity index (χ0) is 22.2. The lowest BCUT2D eigenvalue weighted by atomic mass is 10.0. The van der Waals surface area contributed by atoms with Crippen LogP contribution in [-0.2, 0) is 9.59 Å². The van der Waals surface area contributed by atoms with E-state index in [-0.39, 0.29) is 18.1 Å². The number of carbonyl (C=O) groups is 2. The molecule has 2 aliphatic rings. The predicted molar refractivity (Wildman–Crippen MR) is 120 cm³/mol. The van der Waals surface area contributed by atoms with Crippen LogP contribution in [0.15, 0.2) is 72.4 Å². The minimum absolute atomic E-state index is 0.148. The SMILES string of the molecule is COc1ccc(C)cc1N1C(=O)C(Nc2ccc3c(c2)OCO3)=C(c2ccccc2)C1=O. The van der Waals surface area contributed by atoms with Gasteiger partial charge in [-0.15, -0.1) is 0 Å². The Morgan fingerprint density at radius 2 is 1.69 bits per heavy atom. The Kier molecular flexibility index (Phi) is 4.78. The summed E-state index contributed by atoms with van der Waals surface area (Å²) in [5.41, 5.74) is 3.03. The molecule has 1 N–H and O–H groups in total. The molecular formula is C25H20N2O5. The van der Waals surface area contributed by atoms with Gasteiger partial charge < -0.3 is 19.5 Å². The summed E-state index contributed by atoms with van der Waals surface area (Å²) in [4.78, 5) is 28.3. The topological polar surface area (TPSA) is 77.1 Å². The summed E-state index contributed by atoms with van der Waals surface area (Å²) in [5, 5.41) is 3.14. The van der Waals surface area contributed by atoms with E-state index in [1.54, 1.807) is 42.5 Å². The van der Waals surface area contributed by atoms with Crippen molar-refractivity contribution in [2.24, 2.45) is 0 Å². The van der Waals surface area contributed by atoms with Gasteiger partial charge in [0.25, 0.3) is 11.8 Å². The van der Waals surface area contributed by atoms with Gasteiger partial charge in [0.15, 0.2) is 11.5 Å². The zero-order valence-corrected chi connectivity index (χ0v) is 17.5. The molecule has 0 atom stereocenters. The number of nitrogens with zero attached hydrogens (tertiary/aromatic N) is 1. The number of hydrogen-bond acceptors (Lipinski definition) is 6. The van der Waals surface area contributed by atoms with Crippen LogP contribution in [0.2, 0.25) is 0 Å². The number of rotatable bonds is 5. The van der Waals surface area contributed by atoms with E-state index in [1.807, 2.05) is 31.2 Å². The first-order valence-corrected chi connectivity index (χ1v) is 10.1. The van der Waals surface area contributed by atoms with Crippen molar-refractivity contribution in [2.45, 2.75) is 6.92 Å². The number of carbonyl (C=O) groups excluding carboxylic acids is 2. The van der Waals surface area contributed by atoms with E-state index in [1.165, 1.54) is 7.11 Å². The molecule has 2 amide bonds. The molecule has 32 heavy (non-hydrogen) atoms. The van der Waals surface area contributed by atoms with E-state index in [2.05, 4.69) is 5.32 Å². The molecule has 7 heteroatoms. The molecule has 0 radical (unpaired) electrons. The van der Waals surface area contributed by atoms with Crippen molar-refractivity contribution in [3.63, 3.8) is 0 Å². The number of ether oxygens (including phenoxy) is 3. The summed E-state index contributed by atoms with van der Waals surface area (Å²) < 4.78 is 16.2. The Morgan fingerprint density at radius 1 is 0.906 bits per heavy atom. The maximum atomic E-state index is 13.6. The molecule has 2 aliphatic heterocycles. The maximum Gasteiger partial charge on any atom is 0.282 e. The number of benzene rings is 3. The van der Waals surface area contributed by atoms with Crippen LogP contribution in [0.3, 0.4) is 0 Å². The second-order valence-corrected chi connectivity index (χ2v) is 7.43. The highest BCUT2D eigenvalue weighted by molar-refractivity contribution is 6.46. The molecule has 2 heterocycles. The number of amides is 2. The second kappa shape index (κ2) is 7.77. The van der Waals surface area contributed by atoms with Crippen LogP contribution in [0.5, 0.6) is 17.2 Å². The molecule has 5 rings (SSSR count). The summed E-state index contributed by atoms with van der Waals surface area (Å²) in [6.45, 7) is 2.04. The highest BCUT2D eigenvalue weighted by Gasteiger charge is 2.41. The largest absolute Gasteiger partial charge is 0.495 e. The van der Waals surface area contributed by atoms with Gasteiger partial charge in [0.2, 0.25) is 6.79 Å². The van der Waals surface area contributed by atoms with Gasteiger partial charge in [-0.2, -0.15) is 0 Å². The zero-order valence-electron chi connectivity index (χ0n) is 17.5.